The van der Waals surface area contributed by atoms with Gasteiger partial charge in [-0.2, -0.15) is 0 Å². The van der Waals surface area contributed by atoms with Gasteiger partial charge in [-0.05, 0) is 24.3 Å². The third-order valence-electron chi connectivity index (χ3n) is 3.00. The van der Waals surface area contributed by atoms with Crippen molar-refractivity contribution >= 4 is 28.9 Å². The normalized spacial score (nSPS) is 10.5. The molecule has 0 amide bonds. The van der Waals surface area contributed by atoms with Gasteiger partial charge in [0.25, 0.3) is 0 Å². The molecule has 0 aliphatic heterocycles. The Morgan fingerprint density at radius 3 is 2.57 bits per heavy atom. The van der Waals surface area contributed by atoms with Crippen LogP contribution in [0.2, 0.25) is 5.02 Å². The summed E-state index contributed by atoms with van der Waals surface area (Å²) in [7, 11) is 0. The first-order valence-electron chi connectivity index (χ1n) is 6.19. The molecule has 3 nitrogen and oxygen atoms in total. The van der Waals surface area contributed by atoms with Crippen LogP contribution in [0.1, 0.15) is 10.4 Å². The highest BCUT2D eigenvalue weighted by molar-refractivity contribution is 7.13. The molecule has 0 spiro atoms. The van der Waals surface area contributed by atoms with E-state index in [2.05, 4.69) is 4.98 Å². The van der Waals surface area contributed by atoms with Crippen molar-refractivity contribution in [2.45, 2.75) is 0 Å². The summed E-state index contributed by atoms with van der Waals surface area (Å²) >= 11 is 7.36. The van der Waals surface area contributed by atoms with Gasteiger partial charge in [0.15, 0.2) is 0 Å². The van der Waals surface area contributed by atoms with Crippen LogP contribution < -0.4 is 0 Å². The molecule has 0 fully saturated rings. The van der Waals surface area contributed by atoms with Crippen LogP contribution in [0.25, 0.3) is 21.8 Å². The maximum Gasteiger partial charge on any atom is 0.335 e. The SMILES string of the molecule is O=C(O)c1cccc(-c2nc(-c3ccc(Cl)cc3)cs2)c1. The number of carbonyl (C=O) groups is 1. The van der Waals surface area contributed by atoms with Gasteiger partial charge < -0.3 is 5.11 Å². The topological polar surface area (TPSA) is 50.2 Å². The van der Waals surface area contributed by atoms with Crippen LogP contribution in [0.4, 0.5) is 0 Å². The Morgan fingerprint density at radius 2 is 1.86 bits per heavy atom. The van der Waals surface area contributed by atoms with Gasteiger partial charge in [-0.25, -0.2) is 9.78 Å². The van der Waals surface area contributed by atoms with Crippen LogP contribution in [-0.2, 0) is 0 Å². The highest BCUT2D eigenvalue weighted by Gasteiger charge is 2.09. The number of rotatable bonds is 3. The van der Waals surface area contributed by atoms with Crippen molar-refractivity contribution < 1.29 is 9.90 Å². The largest absolute Gasteiger partial charge is 0.478 e. The van der Waals surface area contributed by atoms with E-state index in [1.807, 2.05) is 35.7 Å². The number of hydrogen-bond acceptors (Lipinski definition) is 3. The van der Waals surface area contributed by atoms with Crippen molar-refractivity contribution in [1.29, 1.82) is 0 Å². The number of benzene rings is 2. The summed E-state index contributed by atoms with van der Waals surface area (Å²) in [5, 5.41) is 12.5. The monoisotopic (exact) mass is 315 g/mol. The third kappa shape index (κ3) is 2.96. The maximum atomic E-state index is 11.0. The quantitative estimate of drug-likeness (QED) is 0.753. The van der Waals surface area contributed by atoms with Gasteiger partial charge in [-0.15, -0.1) is 11.3 Å². The molecular formula is C16H10ClNO2S. The van der Waals surface area contributed by atoms with Crippen molar-refractivity contribution in [3.8, 4) is 21.8 Å². The lowest BCUT2D eigenvalue weighted by molar-refractivity contribution is 0.0697. The first-order valence-corrected chi connectivity index (χ1v) is 7.44. The molecule has 0 radical (unpaired) electrons. The average molecular weight is 316 g/mol. The molecule has 0 saturated heterocycles. The van der Waals surface area contributed by atoms with Gasteiger partial charge in [0.05, 0.1) is 11.3 Å². The summed E-state index contributed by atoms with van der Waals surface area (Å²) in [6.07, 6.45) is 0. The van der Waals surface area contributed by atoms with Crippen molar-refractivity contribution in [2.75, 3.05) is 0 Å². The number of aromatic carboxylic acids is 1. The van der Waals surface area contributed by atoms with E-state index < -0.39 is 5.97 Å². The minimum Gasteiger partial charge on any atom is -0.478 e. The Kier molecular flexibility index (Phi) is 3.73. The van der Waals surface area contributed by atoms with Crippen LogP contribution >= 0.6 is 22.9 Å². The standard InChI is InChI=1S/C16H10ClNO2S/c17-13-6-4-10(5-7-13)14-9-21-15(18-14)11-2-1-3-12(8-11)16(19)20/h1-9H,(H,19,20). The fraction of sp³-hybridized carbons (Fsp3) is 0. The molecule has 0 aliphatic rings. The van der Waals surface area contributed by atoms with Crippen LogP contribution in [0.3, 0.4) is 0 Å². The Bertz CT molecular complexity index is 796. The number of thiazole rings is 1. The molecule has 21 heavy (non-hydrogen) atoms. The third-order valence-corrected chi connectivity index (χ3v) is 4.14. The zero-order valence-electron chi connectivity index (χ0n) is 10.8. The molecule has 0 atom stereocenters. The molecule has 1 aromatic heterocycles. The van der Waals surface area contributed by atoms with E-state index in [9.17, 15) is 4.79 Å². The molecule has 5 heteroatoms. The van der Waals surface area contributed by atoms with Crippen molar-refractivity contribution in [2.24, 2.45) is 0 Å². The molecule has 104 valence electrons. The molecule has 2 aromatic carbocycles. The zero-order chi connectivity index (χ0) is 14.8. The Labute approximate surface area is 130 Å². The fourth-order valence-corrected chi connectivity index (χ4v) is 2.90. The van der Waals surface area contributed by atoms with E-state index in [-0.39, 0.29) is 5.56 Å². The van der Waals surface area contributed by atoms with Crippen LogP contribution in [0.5, 0.6) is 0 Å². The van der Waals surface area contributed by atoms with Crippen molar-refractivity contribution in [1.82, 2.24) is 4.98 Å². The van der Waals surface area contributed by atoms with Crippen molar-refractivity contribution in [3.63, 3.8) is 0 Å². The number of hydrogen-bond donors (Lipinski definition) is 1. The maximum absolute atomic E-state index is 11.0. The minimum atomic E-state index is -0.939. The van der Waals surface area contributed by atoms with Gasteiger partial charge >= 0.3 is 5.97 Å². The van der Waals surface area contributed by atoms with E-state index in [0.717, 1.165) is 21.8 Å². The van der Waals surface area contributed by atoms with Crippen LogP contribution in [0.15, 0.2) is 53.9 Å². The molecule has 1 N–H and O–H groups in total. The predicted octanol–water partition coefficient (Wildman–Crippen LogP) is 4.83. The van der Waals surface area contributed by atoms with Crippen LogP contribution in [-0.4, -0.2) is 16.1 Å². The Morgan fingerprint density at radius 1 is 1.10 bits per heavy atom. The average Bonchev–Trinajstić information content (AvgIpc) is 2.98. The molecule has 1 heterocycles. The van der Waals surface area contributed by atoms with E-state index in [1.54, 1.807) is 18.2 Å². The second-order valence-corrected chi connectivity index (χ2v) is 5.73. The highest BCUT2D eigenvalue weighted by Crippen LogP contribution is 2.29. The smallest absolute Gasteiger partial charge is 0.335 e. The summed E-state index contributed by atoms with van der Waals surface area (Å²) in [6, 6.07) is 14.2. The van der Waals surface area contributed by atoms with Gasteiger partial charge in [0.1, 0.15) is 5.01 Å². The molecule has 0 unspecified atom stereocenters. The summed E-state index contributed by atoms with van der Waals surface area (Å²) < 4.78 is 0. The van der Waals surface area contributed by atoms with E-state index in [4.69, 9.17) is 16.7 Å². The number of carboxylic acids is 1. The van der Waals surface area contributed by atoms with Gasteiger partial charge in [-0.1, -0.05) is 35.9 Å². The molecular weight excluding hydrogens is 306 g/mol. The van der Waals surface area contributed by atoms with Crippen molar-refractivity contribution in [3.05, 3.63) is 64.5 Å². The Balaban J connectivity index is 1.96. The first kappa shape index (κ1) is 13.8. The van der Waals surface area contributed by atoms with Gasteiger partial charge in [0, 0.05) is 21.5 Å². The highest BCUT2D eigenvalue weighted by atomic mass is 35.5. The second-order valence-electron chi connectivity index (χ2n) is 4.43. The molecule has 0 aliphatic carbocycles. The van der Waals surface area contributed by atoms with Gasteiger partial charge in [0.2, 0.25) is 0 Å². The fourth-order valence-electron chi connectivity index (χ4n) is 1.94. The molecule has 3 aromatic rings. The molecule has 3 rings (SSSR count). The number of nitrogens with zero attached hydrogens (tertiary/aromatic N) is 1. The first-order chi connectivity index (χ1) is 10.1. The summed E-state index contributed by atoms with van der Waals surface area (Å²) in [5.74, 6) is -0.939. The van der Waals surface area contributed by atoms with E-state index in [1.165, 1.54) is 11.3 Å². The number of halogens is 1. The molecule has 0 saturated carbocycles. The Hall–Kier alpha value is -2.17. The number of aromatic nitrogens is 1. The predicted molar refractivity (Wildman–Crippen MR) is 85.0 cm³/mol. The van der Waals surface area contributed by atoms with Gasteiger partial charge in [-0.3, -0.25) is 0 Å². The summed E-state index contributed by atoms with van der Waals surface area (Å²) in [4.78, 5) is 15.6. The van der Waals surface area contributed by atoms with Crippen LogP contribution in [0, 0.1) is 0 Å². The molecule has 0 bridgehead atoms. The lowest BCUT2D eigenvalue weighted by Crippen LogP contribution is -1.95. The second kappa shape index (κ2) is 5.68. The lowest BCUT2D eigenvalue weighted by Gasteiger charge is -1.99. The zero-order valence-corrected chi connectivity index (χ0v) is 12.4. The summed E-state index contributed by atoms with van der Waals surface area (Å²) in [6.45, 7) is 0. The number of carboxylic acid groups (broad SMARTS) is 1. The van der Waals surface area contributed by atoms with E-state index >= 15 is 0 Å². The van der Waals surface area contributed by atoms with E-state index in [0.29, 0.717) is 5.02 Å². The summed E-state index contributed by atoms with van der Waals surface area (Å²) in [5.41, 5.74) is 2.90. The lowest BCUT2D eigenvalue weighted by atomic mass is 10.1. The minimum absolute atomic E-state index is 0.260.